The molecule has 1 aromatic heterocycles. The molecule has 0 bridgehead atoms. The highest BCUT2D eigenvalue weighted by molar-refractivity contribution is 5.89. The van der Waals surface area contributed by atoms with Crippen LogP contribution in [0, 0.1) is 0 Å². The zero-order chi connectivity index (χ0) is 24.6. The number of aromatic nitrogens is 1. The number of esters is 1. The van der Waals surface area contributed by atoms with Crippen molar-refractivity contribution in [2.75, 3.05) is 13.2 Å². The minimum Gasteiger partial charge on any atom is -0.462 e. The molecule has 6 heteroatoms. The van der Waals surface area contributed by atoms with Crippen LogP contribution in [-0.2, 0) is 22.4 Å². The van der Waals surface area contributed by atoms with Crippen molar-refractivity contribution >= 4 is 12.1 Å². The molecule has 1 heterocycles. The largest absolute Gasteiger partial charge is 0.462 e. The zero-order valence-electron chi connectivity index (χ0n) is 20.3. The number of carbonyl (C=O) groups is 2. The van der Waals surface area contributed by atoms with Crippen LogP contribution in [0.4, 0.5) is 4.79 Å². The van der Waals surface area contributed by atoms with E-state index in [1.54, 1.807) is 17.9 Å². The Morgan fingerprint density at radius 3 is 2.21 bits per heavy atom. The van der Waals surface area contributed by atoms with E-state index in [0.29, 0.717) is 31.7 Å². The fraction of sp³-hybridized carbons (Fsp3) is 0.321. The van der Waals surface area contributed by atoms with Gasteiger partial charge in [0.05, 0.1) is 17.9 Å². The molecule has 0 radical (unpaired) electrons. The Balaban J connectivity index is 1.66. The lowest BCUT2D eigenvalue weighted by atomic mass is 10.1. The molecule has 0 saturated heterocycles. The minimum atomic E-state index is -0.552. The molecule has 3 rings (SSSR count). The Morgan fingerprint density at radius 2 is 1.62 bits per heavy atom. The molecule has 2 aromatic carbocycles. The van der Waals surface area contributed by atoms with Gasteiger partial charge in [0, 0.05) is 24.8 Å². The number of amides is 1. The van der Waals surface area contributed by atoms with E-state index in [-0.39, 0.29) is 12.1 Å². The van der Waals surface area contributed by atoms with Crippen LogP contribution in [0.2, 0.25) is 0 Å². The molecule has 0 N–H and O–H groups in total. The van der Waals surface area contributed by atoms with Crippen molar-refractivity contribution in [1.29, 1.82) is 0 Å². The van der Waals surface area contributed by atoms with Crippen LogP contribution in [0.25, 0.3) is 11.3 Å². The topological polar surface area (TPSA) is 68.7 Å². The maximum absolute atomic E-state index is 12.8. The summed E-state index contributed by atoms with van der Waals surface area (Å²) >= 11 is 0. The third-order valence-corrected chi connectivity index (χ3v) is 5.06. The Bertz CT molecular complexity index is 1070. The number of hydrogen-bond acceptors (Lipinski definition) is 5. The van der Waals surface area contributed by atoms with Crippen molar-refractivity contribution in [2.24, 2.45) is 0 Å². The molecule has 1 amide bonds. The van der Waals surface area contributed by atoms with Crippen LogP contribution >= 0.6 is 0 Å². The van der Waals surface area contributed by atoms with Crippen molar-refractivity contribution in [2.45, 2.75) is 46.3 Å². The number of rotatable bonds is 8. The highest BCUT2D eigenvalue weighted by Gasteiger charge is 2.22. The summed E-state index contributed by atoms with van der Waals surface area (Å²) in [4.78, 5) is 30.7. The summed E-state index contributed by atoms with van der Waals surface area (Å²) in [6.07, 6.45) is 1.91. The first-order valence-corrected chi connectivity index (χ1v) is 11.5. The first kappa shape index (κ1) is 25.0. The van der Waals surface area contributed by atoms with Crippen molar-refractivity contribution in [3.05, 3.63) is 89.6 Å². The molecule has 178 valence electrons. The number of nitrogens with zero attached hydrogens (tertiary/aromatic N) is 2. The molecule has 0 saturated carbocycles. The van der Waals surface area contributed by atoms with E-state index < -0.39 is 5.60 Å². The standard InChI is InChI=1S/C28H32N2O4/c1-5-33-26(31)24-15-16-25(29-19-24)23-13-11-21(12-14-23)17-18-30(27(32)34-28(2,3)4)20-22-9-7-6-8-10-22/h6-16,19H,5,17-18,20H2,1-4H3. The number of hydrogen-bond donors (Lipinski definition) is 0. The van der Waals surface area contributed by atoms with E-state index in [1.807, 2.05) is 81.4 Å². The van der Waals surface area contributed by atoms with Gasteiger partial charge in [-0.2, -0.15) is 0 Å². The van der Waals surface area contributed by atoms with Crippen molar-refractivity contribution in [3.8, 4) is 11.3 Å². The Kier molecular flexibility index (Phi) is 8.41. The number of ether oxygens (including phenoxy) is 2. The molecule has 0 atom stereocenters. The summed E-state index contributed by atoms with van der Waals surface area (Å²) in [6.45, 7) is 8.75. The minimum absolute atomic E-state index is 0.320. The number of carbonyl (C=O) groups excluding carboxylic acids is 2. The first-order chi connectivity index (χ1) is 16.2. The second kappa shape index (κ2) is 11.5. The van der Waals surface area contributed by atoms with E-state index >= 15 is 0 Å². The Hall–Kier alpha value is -3.67. The molecular weight excluding hydrogens is 428 g/mol. The molecule has 0 fully saturated rings. The third-order valence-electron chi connectivity index (χ3n) is 5.06. The second-order valence-corrected chi connectivity index (χ2v) is 8.99. The number of pyridine rings is 1. The van der Waals surface area contributed by atoms with Gasteiger partial charge in [-0.15, -0.1) is 0 Å². The van der Waals surface area contributed by atoms with Crippen LogP contribution in [0.5, 0.6) is 0 Å². The van der Waals surface area contributed by atoms with Gasteiger partial charge in [0.15, 0.2) is 0 Å². The highest BCUT2D eigenvalue weighted by atomic mass is 16.6. The van der Waals surface area contributed by atoms with Gasteiger partial charge >= 0.3 is 12.1 Å². The molecule has 0 aliphatic heterocycles. The third kappa shape index (κ3) is 7.44. The lowest BCUT2D eigenvalue weighted by molar-refractivity contribution is 0.0235. The summed E-state index contributed by atoms with van der Waals surface area (Å²) < 4.78 is 10.6. The normalized spacial score (nSPS) is 11.1. The lowest BCUT2D eigenvalue weighted by Gasteiger charge is -2.27. The SMILES string of the molecule is CCOC(=O)c1ccc(-c2ccc(CCN(Cc3ccccc3)C(=O)OC(C)(C)C)cc2)nc1. The second-order valence-electron chi connectivity index (χ2n) is 8.99. The summed E-state index contributed by atoms with van der Waals surface area (Å²) in [7, 11) is 0. The smallest absolute Gasteiger partial charge is 0.410 e. The summed E-state index contributed by atoms with van der Waals surface area (Å²) in [6, 6.07) is 21.5. The van der Waals surface area contributed by atoms with Crippen LogP contribution in [0.15, 0.2) is 72.9 Å². The molecule has 34 heavy (non-hydrogen) atoms. The summed E-state index contributed by atoms with van der Waals surface area (Å²) in [5.41, 5.74) is 3.77. The quantitative estimate of drug-likeness (QED) is 0.391. The van der Waals surface area contributed by atoms with E-state index in [1.165, 1.54) is 6.20 Å². The van der Waals surface area contributed by atoms with Gasteiger partial charge in [-0.3, -0.25) is 4.98 Å². The van der Waals surface area contributed by atoms with Gasteiger partial charge in [0.2, 0.25) is 0 Å². The van der Waals surface area contributed by atoms with Gasteiger partial charge in [-0.1, -0.05) is 54.6 Å². The van der Waals surface area contributed by atoms with Gasteiger partial charge in [-0.25, -0.2) is 9.59 Å². The predicted octanol–water partition coefficient (Wildman–Crippen LogP) is 5.91. The van der Waals surface area contributed by atoms with Crippen LogP contribution in [0.1, 0.15) is 49.2 Å². The fourth-order valence-corrected chi connectivity index (χ4v) is 3.37. The predicted molar refractivity (Wildman–Crippen MR) is 132 cm³/mol. The monoisotopic (exact) mass is 460 g/mol. The molecule has 0 aliphatic carbocycles. The maximum Gasteiger partial charge on any atom is 0.410 e. The van der Waals surface area contributed by atoms with E-state index in [0.717, 1.165) is 22.4 Å². The molecule has 0 spiro atoms. The highest BCUT2D eigenvalue weighted by Crippen LogP contribution is 2.19. The average molecular weight is 461 g/mol. The van der Waals surface area contributed by atoms with E-state index in [2.05, 4.69) is 4.98 Å². The molecular formula is C28H32N2O4. The summed E-state index contributed by atoms with van der Waals surface area (Å²) in [5.74, 6) is -0.373. The van der Waals surface area contributed by atoms with Crippen LogP contribution in [0.3, 0.4) is 0 Å². The van der Waals surface area contributed by atoms with Crippen molar-refractivity contribution in [3.63, 3.8) is 0 Å². The van der Waals surface area contributed by atoms with Gasteiger partial charge in [0.1, 0.15) is 5.60 Å². The van der Waals surface area contributed by atoms with Crippen LogP contribution in [-0.4, -0.2) is 40.7 Å². The van der Waals surface area contributed by atoms with E-state index in [9.17, 15) is 9.59 Å². The van der Waals surface area contributed by atoms with E-state index in [4.69, 9.17) is 9.47 Å². The molecule has 3 aromatic rings. The lowest BCUT2D eigenvalue weighted by Crippen LogP contribution is -2.37. The zero-order valence-corrected chi connectivity index (χ0v) is 20.3. The number of benzene rings is 2. The molecule has 6 nitrogen and oxygen atoms in total. The van der Waals surface area contributed by atoms with Gasteiger partial charge < -0.3 is 14.4 Å². The van der Waals surface area contributed by atoms with Crippen LogP contribution < -0.4 is 0 Å². The molecule has 0 aliphatic rings. The summed E-state index contributed by atoms with van der Waals surface area (Å²) in [5, 5.41) is 0. The van der Waals surface area contributed by atoms with Crippen molar-refractivity contribution < 1.29 is 19.1 Å². The first-order valence-electron chi connectivity index (χ1n) is 11.5. The average Bonchev–Trinajstić information content (AvgIpc) is 2.82. The Morgan fingerprint density at radius 1 is 0.912 bits per heavy atom. The van der Waals surface area contributed by atoms with Crippen molar-refractivity contribution in [1.82, 2.24) is 9.88 Å². The van der Waals surface area contributed by atoms with Gasteiger partial charge in [0.25, 0.3) is 0 Å². The Labute approximate surface area is 201 Å². The fourth-order valence-electron chi connectivity index (χ4n) is 3.37. The van der Waals surface area contributed by atoms with Gasteiger partial charge in [-0.05, 0) is 57.4 Å². The maximum atomic E-state index is 12.8. The molecule has 0 unspecified atom stereocenters.